The zero-order chi connectivity index (χ0) is 17.2. The Hall–Kier alpha value is -2.22. The van der Waals surface area contributed by atoms with Crippen molar-refractivity contribution in [1.29, 1.82) is 0 Å². The number of fused-ring (bicyclic) bond motifs is 1. The second-order valence-corrected chi connectivity index (χ2v) is 7.03. The predicted octanol–water partition coefficient (Wildman–Crippen LogP) is 1.01. The topological polar surface area (TPSA) is 72.1 Å². The average molecular weight is 343 g/mol. The highest BCUT2D eigenvalue weighted by Gasteiger charge is 2.26. The van der Waals surface area contributed by atoms with E-state index in [0.29, 0.717) is 11.7 Å². The summed E-state index contributed by atoms with van der Waals surface area (Å²) in [6.07, 6.45) is 6.57. The molecule has 1 unspecified atom stereocenters. The summed E-state index contributed by atoms with van der Waals surface area (Å²) in [5.41, 5.74) is 1.73. The number of hydrogen-bond donors (Lipinski definition) is 0. The molecule has 4 heterocycles. The molecule has 0 radical (unpaired) electrons. The van der Waals surface area contributed by atoms with Crippen molar-refractivity contribution in [3.8, 4) is 0 Å². The summed E-state index contributed by atoms with van der Waals surface area (Å²) >= 11 is 0. The fraction of sp³-hybridized carbons (Fsp3) is 0.647. The smallest absolute Gasteiger partial charge is 0.274 e. The summed E-state index contributed by atoms with van der Waals surface area (Å²) in [6.45, 7) is 7.46. The van der Waals surface area contributed by atoms with Crippen LogP contribution in [0.15, 0.2) is 18.7 Å². The lowest BCUT2D eigenvalue weighted by molar-refractivity contribution is 0.0786. The van der Waals surface area contributed by atoms with E-state index in [0.717, 1.165) is 64.2 Å². The number of likely N-dealkylation sites (tertiary alicyclic amines) is 1. The molecule has 0 bridgehead atoms. The third-order valence-electron chi connectivity index (χ3n) is 5.20. The molecule has 1 amide bonds. The third kappa shape index (κ3) is 3.44. The first-order valence-electron chi connectivity index (χ1n) is 9.13. The minimum absolute atomic E-state index is 0.0836. The Balaban J connectivity index is 1.47. The molecule has 2 aliphatic heterocycles. The van der Waals surface area contributed by atoms with E-state index in [1.54, 1.807) is 12.7 Å². The molecular formula is C17H25N7O. The van der Waals surface area contributed by atoms with Crippen molar-refractivity contribution in [2.45, 2.75) is 51.9 Å². The van der Waals surface area contributed by atoms with E-state index in [2.05, 4.69) is 27.0 Å². The normalized spacial score (nSPS) is 19.6. The van der Waals surface area contributed by atoms with Crippen LogP contribution in [-0.4, -0.2) is 65.9 Å². The molecule has 4 rings (SSSR count). The highest BCUT2D eigenvalue weighted by molar-refractivity contribution is 5.92. The van der Waals surface area contributed by atoms with Crippen molar-refractivity contribution in [3.05, 3.63) is 30.1 Å². The minimum Gasteiger partial charge on any atom is -0.337 e. The van der Waals surface area contributed by atoms with Gasteiger partial charge in [0.15, 0.2) is 5.69 Å². The summed E-state index contributed by atoms with van der Waals surface area (Å²) in [5, 5.41) is 8.80. The minimum atomic E-state index is 0.0836. The zero-order valence-electron chi connectivity index (χ0n) is 14.7. The summed E-state index contributed by atoms with van der Waals surface area (Å²) in [5.74, 6) is 0.0836. The summed E-state index contributed by atoms with van der Waals surface area (Å²) in [4.78, 5) is 21.0. The molecule has 1 fully saturated rings. The Kier molecular flexibility index (Phi) is 4.52. The first-order valence-corrected chi connectivity index (χ1v) is 9.13. The van der Waals surface area contributed by atoms with Crippen LogP contribution in [0.5, 0.6) is 0 Å². The van der Waals surface area contributed by atoms with Gasteiger partial charge in [-0.25, -0.2) is 4.98 Å². The van der Waals surface area contributed by atoms with Crippen LogP contribution >= 0.6 is 0 Å². The van der Waals surface area contributed by atoms with Gasteiger partial charge in [-0.1, -0.05) is 0 Å². The van der Waals surface area contributed by atoms with Gasteiger partial charge in [-0.05, 0) is 32.3 Å². The summed E-state index contributed by atoms with van der Waals surface area (Å²) < 4.78 is 3.89. The van der Waals surface area contributed by atoms with Gasteiger partial charge < -0.3 is 4.90 Å². The van der Waals surface area contributed by atoms with Crippen LogP contribution in [0.4, 0.5) is 0 Å². The fourth-order valence-corrected chi connectivity index (χ4v) is 3.76. The van der Waals surface area contributed by atoms with Crippen LogP contribution in [0.25, 0.3) is 0 Å². The van der Waals surface area contributed by atoms with Crippen molar-refractivity contribution < 1.29 is 4.79 Å². The Bertz CT molecular complexity index is 717. The third-order valence-corrected chi connectivity index (χ3v) is 5.20. The lowest BCUT2D eigenvalue weighted by atomic mass is 10.2. The number of carbonyl (C=O) groups excluding carboxylic acids is 1. The molecular weight excluding hydrogens is 318 g/mol. The molecule has 2 aliphatic rings. The summed E-state index contributed by atoms with van der Waals surface area (Å²) in [6, 6.07) is 2.34. The first kappa shape index (κ1) is 16.3. The molecule has 8 heteroatoms. The van der Waals surface area contributed by atoms with Gasteiger partial charge in [0.25, 0.3) is 5.91 Å². The van der Waals surface area contributed by atoms with Gasteiger partial charge in [0.1, 0.15) is 12.7 Å². The molecule has 25 heavy (non-hydrogen) atoms. The van der Waals surface area contributed by atoms with Crippen LogP contribution in [0.1, 0.15) is 42.4 Å². The van der Waals surface area contributed by atoms with E-state index in [9.17, 15) is 4.79 Å². The number of carbonyl (C=O) groups is 1. The molecule has 2 aromatic heterocycles. The molecule has 0 N–H and O–H groups in total. The van der Waals surface area contributed by atoms with Gasteiger partial charge in [-0.3, -0.25) is 19.1 Å². The standard InChI is InChI=1S/C17H25N7O/c1-14(10-23-13-18-12-19-23)22-7-4-8-24-15(11-22)9-16(20-24)17(25)21-5-2-3-6-21/h9,12-14H,2-8,10-11H2,1H3. The van der Waals surface area contributed by atoms with Crippen LogP contribution in [0.3, 0.4) is 0 Å². The molecule has 134 valence electrons. The highest BCUT2D eigenvalue weighted by Crippen LogP contribution is 2.19. The molecule has 1 atom stereocenters. The van der Waals surface area contributed by atoms with Crippen molar-refractivity contribution in [2.24, 2.45) is 0 Å². The van der Waals surface area contributed by atoms with Gasteiger partial charge in [0.2, 0.25) is 0 Å². The average Bonchev–Trinajstić information content (AvgIpc) is 3.34. The number of rotatable bonds is 4. The van der Waals surface area contributed by atoms with Gasteiger partial charge in [0, 0.05) is 38.8 Å². The van der Waals surface area contributed by atoms with Gasteiger partial charge in [-0.15, -0.1) is 0 Å². The first-order chi connectivity index (χ1) is 12.2. The van der Waals surface area contributed by atoms with Crippen LogP contribution in [0, 0.1) is 0 Å². The lowest BCUT2D eigenvalue weighted by Crippen LogP contribution is -2.36. The second kappa shape index (κ2) is 6.95. The lowest BCUT2D eigenvalue weighted by Gasteiger charge is -2.27. The Labute approximate surface area is 147 Å². The fourth-order valence-electron chi connectivity index (χ4n) is 3.76. The second-order valence-electron chi connectivity index (χ2n) is 7.03. The molecule has 0 aliphatic carbocycles. The molecule has 0 spiro atoms. The maximum atomic E-state index is 12.6. The number of aryl methyl sites for hydroxylation is 1. The van der Waals surface area contributed by atoms with Crippen LogP contribution in [0.2, 0.25) is 0 Å². The van der Waals surface area contributed by atoms with Crippen molar-refractivity contribution in [2.75, 3.05) is 19.6 Å². The Morgan fingerprint density at radius 3 is 2.80 bits per heavy atom. The van der Waals surface area contributed by atoms with E-state index >= 15 is 0 Å². The molecule has 1 saturated heterocycles. The van der Waals surface area contributed by atoms with Crippen molar-refractivity contribution >= 4 is 5.91 Å². The largest absolute Gasteiger partial charge is 0.337 e. The quantitative estimate of drug-likeness (QED) is 0.828. The molecule has 2 aromatic rings. The van der Waals surface area contributed by atoms with Gasteiger partial charge >= 0.3 is 0 Å². The van der Waals surface area contributed by atoms with Crippen molar-refractivity contribution in [1.82, 2.24) is 34.3 Å². The van der Waals surface area contributed by atoms with E-state index < -0.39 is 0 Å². The maximum absolute atomic E-state index is 12.6. The van der Waals surface area contributed by atoms with E-state index in [1.807, 2.05) is 20.3 Å². The molecule has 8 nitrogen and oxygen atoms in total. The zero-order valence-corrected chi connectivity index (χ0v) is 14.7. The Morgan fingerprint density at radius 2 is 2.04 bits per heavy atom. The summed E-state index contributed by atoms with van der Waals surface area (Å²) in [7, 11) is 0. The number of nitrogens with zero attached hydrogens (tertiary/aromatic N) is 7. The van der Waals surface area contributed by atoms with E-state index in [1.165, 1.54) is 0 Å². The monoisotopic (exact) mass is 343 g/mol. The predicted molar refractivity (Wildman–Crippen MR) is 91.9 cm³/mol. The number of aromatic nitrogens is 5. The van der Waals surface area contributed by atoms with Crippen molar-refractivity contribution in [3.63, 3.8) is 0 Å². The maximum Gasteiger partial charge on any atom is 0.274 e. The molecule has 0 saturated carbocycles. The van der Waals surface area contributed by atoms with Gasteiger partial charge in [0.05, 0.1) is 12.2 Å². The Morgan fingerprint density at radius 1 is 1.20 bits per heavy atom. The number of amides is 1. The van der Waals surface area contributed by atoms with Crippen LogP contribution in [-0.2, 0) is 19.6 Å². The van der Waals surface area contributed by atoms with E-state index in [4.69, 9.17) is 0 Å². The number of hydrogen-bond acceptors (Lipinski definition) is 5. The SMILES string of the molecule is CC(Cn1cncn1)N1CCCn2nc(C(=O)N3CCCC3)cc2C1. The van der Waals surface area contributed by atoms with E-state index in [-0.39, 0.29) is 5.91 Å². The van der Waals surface area contributed by atoms with Gasteiger partial charge in [-0.2, -0.15) is 10.2 Å². The van der Waals surface area contributed by atoms with Crippen LogP contribution < -0.4 is 0 Å². The molecule has 0 aromatic carbocycles. The highest BCUT2D eigenvalue weighted by atomic mass is 16.2.